The minimum absolute atomic E-state index is 0.134. The second kappa shape index (κ2) is 10.8. The Morgan fingerprint density at radius 3 is 2.75 bits per heavy atom. The van der Waals surface area contributed by atoms with E-state index in [4.69, 9.17) is 5.26 Å². The van der Waals surface area contributed by atoms with Gasteiger partial charge in [-0.2, -0.15) is 10.4 Å². The molecule has 0 aliphatic heterocycles. The first-order chi connectivity index (χ1) is 11.6. The van der Waals surface area contributed by atoms with E-state index in [2.05, 4.69) is 38.1 Å². The van der Waals surface area contributed by atoms with Gasteiger partial charge in [0.05, 0.1) is 6.33 Å². The van der Waals surface area contributed by atoms with E-state index < -0.39 is 5.91 Å². The van der Waals surface area contributed by atoms with Gasteiger partial charge in [-0.3, -0.25) is 15.0 Å². The molecule has 130 valence electrons. The summed E-state index contributed by atoms with van der Waals surface area (Å²) < 4.78 is 0. The van der Waals surface area contributed by atoms with E-state index in [1.165, 1.54) is 19.8 Å². The van der Waals surface area contributed by atoms with E-state index >= 15 is 0 Å². The summed E-state index contributed by atoms with van der Waals surface area (Å²) in [6.45, 7) is 2.63. The maximum atomic E-state index is 11.9. The van der Waals surface area contributed by atoms with Crippen LogP contribution in [0.15, 0.2) is 11.4 Å². The molecule has 0 saturated carbocycles. The highest BCUT2D eigenvalue weighted by Gasteiger charge is 2.14. The van der Waals surface area contributed by atoms with Crippen molar-refractivity contribution < 1.29 is 9.59 Å². The summed E-state index contributed by atoms with van der Waals surface area (Å²) in [5, 5.41) is 17.8. The van der Waals surface area contributed by atoms with Gasteiger partial charge in [-0.1, -0.05) is 32.6 Å². The lowest BCUT2D eigenvalue weighted by Crippen LogP contribution is -2.31. The van der Waals surface area contributed by atoms with E-state index in [-0.39, 0.29) is 23.1 Å². The van der Waals surface area contributed by atoms with E-state index in [1.807, 2.05) is 0 Å². The predicted octanol–water partition coefficient (Wildman–Crippen LogP) is 1.15. The highest BCUT2D eigenvalue weighted by molar-refractivity contribution is 6.45. The summed E-state index contributed by atoms with van der Waals surface area (Å²) in [7, 11) is 1.48. The summed E-state index contributed by atoms with van der Waals surface area (Å²) >= 11 is 0. The molecule has 0 aromatic carbocycles. The van der Waals surface area contributed by atoms with Gasteiger partial charge in [-0.15, -0.1) is 0 Å². The minimum Gasteiger partial charge on any atom is -0.354 e. The van der Waals surface area contributed by atoms with Crippen LogP contribution in [-0.4, -0.2) is 41.1 Å². The first-order valence-corrected chi connectivity index (χ1v) is 7.91. The van der Waals surface area contributed by atoms with Gasteiger partial charge in [0.15, 0.2) is 5.82 Å². The maximum Gasteiger partial charge on any atom is 0.282 e. The molecule has 9 nitrogen and oxygen atoms in total. The van der Waals surface area contributed by atoms with Crippen molar-refractivity contribution in [3.63, 3.8) is 0 Å². The second-order valence-electron chi connectivity index (χ2n) is 5.06. The Kier molecular flexibility index (Phi) is 8.60. The van der Waals surface area contributed by atoms with Gasteiger partial charge >= 0.3 is 0 Å². The second-order valence-corrected chi connectivity index (χ2v) is 5.06. The van der Waals surface area contributed by atoms with Crippen molar-refractivity contribution in [3.05, 3.63) is 12.0 Å². The average molecular weight is 333 g/mol. The topological polar surface area (TPSA) is 135 Å². The van der Waals surface area contributed by atoms with Crippen LogP contribution >= 0.6 is 0 Å². The Morgan fingerprint density at radius 2 is 2.08 bits per heavy atom. The molecule has 0 saturated heterocycles. The van der Waals surface area contributed by atoms with Gasteiger partial charge in [-0.05, 0) is 6.42 Å². The number of carbonyl (C=O) groups is 2. The van der Waals surface area contributed by atoms with E-state index in [0.29, 0.717) is 6.54 Å². The highest BCUT2D eigenvalue weighted by Crippen LogP contribution is 2.08. The number of anilines is 1. The van der Waals surface area contributed by atoms with Crippen LogP contribution in [0.4, 0.5) is 5.82 Å². The zero-order valence-electron chi connectivity index (χ0n) is 14.0. The number of carbonyl (C=O) groups excluding carboxylic acids is 2. The Balaban J connectivity index is 2.52. The van der Waals surface area contributed by atoms with Crippen LogP contribution in [0, 0.1) is 11.3 Å². The van der Waals surface area contributed by atoms with Crippen LogP contribution in [0.1, 0.15) is 49.5 Å². The molecule has 24 heavy (non-hydrogen) atoms. The van der Waals surface area contributed by atoms with Crippen molar-refractivity contribution in [2.45, 2.75) is 39.0 Å². The van der Waals surface area contributed by atoms with Crippen LogP contribution in [0.2, 0.25) is 0 Å². The largest absolute Gasteiger partial charge is 0.354 e. The molecule has 2 amide bonds. The number of nitrogens with zero attached hydrogens (tertiary/aromatic N) is 3. The summed E-state index contributed by atoms with van der Waals surface area (Å²) in [5.74, 6) is -0.813. The van der Waals surface area contributed by atoms with E-state index in [9.17, 15) is 9.59 Å². The molecule has 9 heteroatoms. The zero-order chi connectivity index (χ0) is 17.8. The molecule has 0 radical (unpaired) electrons. The third kappa shape index (κ3) is 6.08. The van der Waals surface area contributed by atoms with Crippen LogP contribution in [0.25, 0.3) is 0 Å². The van der Waals surface area contributed by atoms with E-state index in [1.54, 1.807) is 6.07 Å². The SMILES string of the molecule is CCCCCCCNC(=O)C(C#N)=NNc1nc[nH]c1C(=O)NC. The Morgan fingerprint density at radius 1 is 1.33 bits per heavy atom. The minimum atomic E-state index is -0.558. The normalized spacial score (nSPS) is 10.8. The van der Waals surface area contributed by atoms with Gasteiger partial charge in [0.25, 0.3) is 11.8 Å². The molecule has 0 bridgehead atoms. The maximum absolute atomic E-state index is 11.9. The summed E-state index contributed by atoms with van der Waals surface area (Å²) in [6, 6.07) is 1.73. The van der Waals surface area contributed by atoms with Crippen LogP contribution < -0.4 is 16.1 Å². The lowest BCUT2D eigenvalue weighted by atomic mass is 10.1. The predicted molar refractivity (Wildman–Crippen MR) is 90.4 cm³/mol. The number of imidazole rings is 1. The molecule has 0 fully saturated rings. The third-order valence-corrected chi connectivity index (χ3v) is 3.25. The molecule has 0 atom stereocenters. The molecule has 0 unspecified atom stereocenters. The summed E-state index contributed by atoms with van der Waals surface area (Å²) in [4.78, 5) is 30.0. The first-order valence-electron chi connectivity index (χ1n) is 7.91. The number of unbranched alkanes of at least 4 members (excludes halogenated alkanes) is 4. The van der Waals surface area contributed by atoms with Crippen molar-refractivity contribution in [1.82, 2.24) is 20.6 Å². The van der Waals surface area contributed by atoms with Crippen molar-refractivity contribution in [2.24, 2.45) is 5.10 Å². The summed E-state index contributed by atoms with van der Waals surface area (Å²) in [5.41, 5.74) is 2.30. The van der Waals surface area contributed by atoms with Crippen LogP contribution in [0.3, 0.4) is 0 Å². The molecule has 1 heterocycles. The Labute approximate surface area is 140 Å². The molecule has 4 N–H and O–H groups in total. The number of aromatic amines is 1. The molecular formula is C15H23N7O2. The fourth-order valence-corrected chi connectivity index (χ4v) is 1.93. The molecule has 1 rings (SSSR count). The van der Waals surface area contributed by atoms with Crippen LogP contribution in [0.5, 0.6) is 0 Å². The standard InChI is InChI=1S/C15H23N7O2/c1-3-4-5-6-7-8-18-14(23)11(9-16)21-22-13-12(15(24)17-2)19-10-20-13/h10,22H,3-8H2,1-2H3,(H,17,24)(H,18,23)(H,19,20). The molecule has 1 aromatic heterocycles. The first kappa shape index (κ1) is 19.2. The number of rotatable bonds is 10. The molecule has 0 aliphatic rings. The highest BCUT2D eigenvalue weighted by atomic mass is 16.2. The fourth-order valence-electron chi connectivity index (χ4n) is 1.93. The summed E-state index contributed by atoms with van der Waals surface area (Å²) in [6.07, 6.45) is 6.68. The number of H-pyrrole nitrogens is 1. The number of aromatic nitrogens is 2. The van der Waals surface area contributed by atoms with Gasteiger partial charge in [0, 0.05) is 13.6 Å². The van der Waals surface area contributed by atoms with Crippen molar-refractivity contribution in [2.75, 3.05) is 19.0 Å². The van der Waals surface area contributed by atoms with Crippen molar-refractivity contribution >= 4 is 23.3 Å². The van der Waals surface area contributed by atoms with Gasteiger partial charge in [0.2, 0.25) is 5.71 Å². The molecule has 0 aliphatic carbocycles. The van der Waals surface area contributed by atoms with E-state index in [0.717, 1.165) is 25.7 Å². The Hall–Kier alpha value is -2.89. The lowest BCUT2D eigenvalue weighted by Gasteiger charge is -2.04. The lowest BCUT2D eigenvalue weighted by molar-refractivity contribution is -0.114. The molecular weight excluding hydrogens is 310 g/mol. The van der Waals surface area contributed by atoms with Gasteiger partial charge < -0.3 is 15.6 Å². The zero-order valence-corrected chi connectivity index (χ0v) is 14.0. The van der Waals surface area contributed by atoms with Crippen molar-refractivity contribution in [3.8, 4) is 6.07 Å². The average Bonchev–Trinajstić information content (AvgIpc) is 3.06. The van der Waals surface area contributed by atoms with Crippen molar-refractivity contribution in [1.29, 1.82) is 5.26 Å². The molecule has 1 aromatic rings. The monoisotopic (exact) mass is 333 g/mol. The number of nitrogens with one attached hydrogen (secondary N) is 4. The fraction of sp³-hybridized carbons (Fsp3) is 0.533. The Bertz CT molecular complexity index is 616. The van der Waals surface area contributed by atoms with Gasteiger partial charge in [0.1, 0.15) is 11.8 Å². The number of hydrogen-bond acceptors (Lipinski definition) is 6. The smallest absolute Gasteiger partial charge is 0.282 e. The third-order valence-electron chi connectivity index (χ3n) is 3.25. The number of hydrogen-bond donors (Lipinski definition) is 4. The molecule has 0 spiro atoms. The number of nitriles is 1. The number of hydrazone groups is 1. The van der Waals surface area contributed by atoms with Gasteiger partial charge in [-0.25, -0.2) is 4.98 Å². The van der Waals surface area contributed by atoms with Crippen LogP contribution in [-0.2, 0) is 4.79 Å². The number of amides is 2. The quantitative estimate of drug-likeness (QED) is 0.289.